The molecule has 0 amide bonds. The summed E-state index contributed by atoms with van der Waals surface area (Å²) in [6.07, 6.45) is 6.96. The lowest BCUT2D eigenvalue weighted by molar-refractivity contribution is 0.0981. The van der Waals surface area contributed by atoms with Gasteiger partial charge in [0, 0.05) is 49.7 Å². The Morgan fingerprint density at radius 3 is 2.74 bits per heavy atom. The van der Waals surface area contributed by atoms with Crippen LogP contribution in [0.5, 0.6) is 0 Å². The van der Waals surface area contributed by atoms with E-state index in [2.05, 4.69) is 0 Å². The average Bonchev–Trinajstić information content (AvgIpc) is 2.87. The van der Waals surface area contributed by atoms with Gasteiger partial charge in [0.25, 0.3) is 5.56 Å². The van der Waals surface area contributed by atoms with Crippen molar-refractivity contribution in [2.75, 3.05) is 0 Å². The molecule has 0 bridgehead atoms. The predicted molar refractivity (Wildman–Crippen MR) is 74.4 cm³/mol. The maximum absolute atomic E-state index is 11.7. The number of hydrogen-bond donors (Lipinski definition) is 0. The van der Waals surface area contributed by atoms with E-state index < -0.39 is 0 Å². The molecule has 0 spiro atoms. The van der Waals surface area contributed by atoms with E-state index in [9.17, 15) is 9.59 Å². The van der Waals surface area contributed by atoms with Gasteiger partial charge in [0.1, 0.15) is 0 Å². The maximum Gasteiger partial charge on any atom is 0.250 e. The molecule has 0 saturated carbocycles. The summed E-state index contributed by atoms with van der Waals surface area (Å²) < 4.78 is 3.61. The first-order valence-electron chi connectivity index (χ1n) is 6.55. The summed E-state index contributed by atoms with van der Waals surface area (Å²) in [5, 5.41) is 0. The van der Waals surface area contributed by atoms with E-state index in [1.54, 1.807) is 22.9 Å². The minimum absolute atomic E-state index is 0.00283. The topological polar surface area (TPSA) is 44.0 Å². The molecule has 4 heteroatoms. The van der Waals surface area contributed by atoms with Gasteiger partial charge in [-0.1, -0.05) is 13.0 Å². The van der Waals surface area contributed by atoms with Crippen LogP contribution in [-0.4, -0.2) is 14.9 Å². The molecule has 0 aliphatic heterocycles. The molecule has 0 unspecified atom stereocenters. The second kappa shape index (κ2) is 6.18. The van der Waals surface area contributed by atoms with Crippen LogP contribution in [0.25, 0.3) is 0 Å². The smallest absolute Gasteiger partial charge is 0.250 e. The van der Waals surface area contributed by atoms with E-state index >= 15 is 0 Å². The number of rotatable bonds is 6. The van der Waals surface area contributed by atoms with Crippen molar-refractivity contribution in [1.82, 2.24) is 9.13 Å². The van der Waals surface area contributed by atoms with Gasteiger partial charge in [0.05, 0.1) is 0 Å². The molecule has 4 nitrogen and oxygen atoms in total. The molecule has 0 fully saturated rings. The summed E-state index contributed by atoms with van der Waals surface area (Å²) in [5.74, 6) is 0.179. The SMILES string of the molecule is CCCC(=O)c1ccn(CCn2ccccc2=O)c1. The second-order valence-electron chi connectivity index (χ2n) is 4.54. The zero-order valence-corrected chi connectivity index (χ0v) is 11.1. The molecular weight excluding hydrogens is 240 g/mol. The molecule has 2 aromatic rings. The number of aryl methyl sites for hydroxylation is 2. The largest absolute Gasteiger partial charge is 0.352 e. The Balaban J connectivity index is 1.99. The van der Waals surface area contributed by atoms with E-state index in [0.717, 1.165) is 12.0 Å². The van der Waals surface area contributed by atoms with Crippen molar-refractivity contribution in [3.05, 3.63) is 58.8 Å². The van der Waals surface area contributed by atoms with Crippen molar-refractivity contribution in [3.8, 4) is 0 Å². The fraction of sp³-hybridized carbons (Fsp3) is 0.333. The van der Waals surface area contributed by atoms with Crippen molar-refractivity contribution in [2.45, 2.75) is 32.9 Å². The minimum Gasteiger partial charge on any atom is -0.352 e. The van der Waals surface area contributed by atoms with Gasteiger partial charge in [-0.3, -0.25) is 9.59 Å². The molecule has 0 aromatic carbocycles. The number of Topliss-reactive ketones (excluding diaryl/α,β-unsaturated/α-hetero) is 1. The number of ketones is 1. The quantitative estimate of drug-likeness (QED) is 0.746. The standard InChI is InChI=1S/C15H18N2O2/c1-2-5-14(18)13-7-9-16(12-13)10-11-17-8-4-3-6-15(17)19/h3-4,6-9,12H,2,5,10-11H2,1H3. The van der Waals surface area contributed by atoms with Crippen LogP contribution < -0.4 is 5.56 Å². The normalized spacial score (nSPS) is 10.6. The predicted octanol–water partition coefficient (Wildman–Crippen LogP) is 2.33. The van der Waals surface area contributed by atoms with Gasteiger partial charge in [-0.2, -0.15) is 0 Å². The summed E-state index contributed by atoms with van der Waals surface area (Å²) in [6.45, 7) is 3.29. The lowest BCUT2D eigenvalue weighted by Crippen LogP contribution is -2.20. The number of nitrogens with zero attached hydrogens (tertiary/aromatic N) is 2. The first-order valence-corrected chi connectivity index (χ1v) is 6.55. The Bertz CT molecular complexity index is 610. The Morgan fingerprint density at radius 2 is 2.00 bits per heavy atom. The van der Waals surface area contributed by atoms with Gasteiger partial charge in [-0.15, -0.1) is 0 Å². The van der Waals surface area contributed by atoms with E-state index in [-0.39, 0.29) is 11.3 Å². The van der Waals surface area contributed by atoms with Crippen LogP contribution in [0, 0.1) is 0 Å². The fourth-order valence-corrected chi connectivity index (χ4v) is 1.98. The van der Waals surface area contributed by atoms with Gasteiger partial charge in [0.15, 0.2) is 5.78 Å². The van der Waals surface area contributed by atoms with Crippen LogP contribution >= 0.6 is 0 Å². The van der Waals surface area contributed by atoms with Crippen molar-refractivity contribution in [2.24, 2.45) is 0 Å². The molecule has 0 aliphatic carbocycles. The first-order chi connectivity index (χ1) is 9.20. The van der Waals surface area contributed by atoms with Gasteiger partial charge in [-0.05, 0) is 18.6 Å². The lowest BCUT2D eigenvalue weighted by atomic mass is 10.1. The molecule has 100 valence electrons. The van der Waals surface area contributed by atoms with Crippen LogP contribution in [0.4, 0.5) is 0 Å². The van der Waals surface area contributed by atoms with Crippen LogP contribution in [-0.2, 0) is 13.1 Å². The van der Waals surface area contributed by atoms with Gasteiger partial charge < -0.3 is 9.13 Å². The lowest BCUT2D eigenvalue weighted by Gasteiger charge is -2.05. The first kappa shape index (κ1) is 13.3. The zero-order chi connectivity index (χ0) is 13.7. The maximum atomic E-state index is 11.7. The Morgan fingerprint density at radius 1 is 1.16 bits per heavy atom. The summed E-state index contributed by atoms with van der Waals surface area (Å²) >= 11 is 0. The zero-order valence-electron chi connectivity index (χ0n) is 11.1. The average molecular weight is 258 g/mol. The molecule has 0 aliphatic rings. The highest BCUT2D eigenvalue weighted by molar-refractivity contribution is 5.95. The summed E-state index contributed by atoms with van der Waals surface area (Å²) in [5.41, 5.74) is 0.749. The van der Waals surface area contributed by atoms with E-state index in [1.165, 1.54) is 0 Å². The highest BCUT2D eigenvalue weighted by Gasteiger charge is 2.06. The number of carbonyl (C=O) groups excluding carboxylic acids is 1. The molecule has 0 saturated heterocycles. The summed E-state index contributed by atoms with van der Waals surface area (Å²) in [4.78, 5) is 23.3. The van der Waals surface area contributed by atoms with E-state index in [4.69, 9.17) is 0 Å². The van der Waals surface area contributed by atoms with E-state index in [0.29, 0.717) is 19.5 Å². The highest BCUT2D eigenvalue weighted by Crippen LogP contribution is 2.06. The molecular formula is C15H18N2O2. The molecule has 2 aromatic heterocycles. The number of aromatic nitrogens is 2. The van der Waals surface area contributed by atoms with Gasteiger partial charge in [0.2, 0.25) is 0 Å². The Labute approximate surface area is 112 Å². The highest BCUT2D eigenvalue weighted by atomic mass is 16.1. The number of pyridine rings is 1. The number of hydrogen-bond acceptors (Lipinski definition) is 2. The molecule has 0 N–H and O–H groups in total. The molecule has 2 heterocycles. The van der Waals surface area contributed by atoms with Crippen LogP contribution in [0.3, 0.4) is 0 Å². The monoisotopic (exact) mass is 258 g/mol. The third-order valence-electron chi connectivity index (χ3n) is 3.05. The van der Waals surface area contributed by atoms with Gasteiger partial charge in [-0.25, -0.2) is 0 Å². The number of carbonyl (C=O) groups is 1. The Hall–Kier alpha value is -2.10. The van der Waals surface area contributed by atoms with Crippen LogP contribution in [0.2, 0.25) is 0 Å². The minimum atomic E-state index is -0.00283. The summed E-state index contributed by atoms with van der Waals surface area (Å²) in [7, 11) is 0. The molecule has 0 radical (unpaired) electrons. The Kier molecular flexibility index (Phi) is 4.34. The van der Waals surface area contributed by atoms with Gasteiger partial charge >= 0.3 is 0 Å². The summed E-state index contributed by atoms with van der Waals surface area (Å²) in [6, 6.07) is 6.96. The van der Waals surface area contributed by atoms with Crippen molar-refractivity contribution < 1.29 is 4.79 Å². The second-order valence-corrected chi connectivity index (χ2v) is 4.54. The third-order valence-corrected chi connectivity index (χ3v) is 3.05. The fourth-order valence-electron chi connectivity index (χ4n) is 1.98. The van der Waals surface area contributed by atoms with Crippen LogP contribution in [0.1, 0.15) is 30.1 Å². The van der Waals surface area contributed by atoms with Crippen LogP contribution in [0.15, 0.2) is 47.7 Å². The third kappa shape index (κ3) is 3.44. The molecule has 19 heavy (non-hydrogen) atoms. The van der Waals surface area contributed by atoms with E-state index in [1.807, 2.05) is 36.0 Å². The van der Waals surface area contributed by atoms with Crippen molar-refractivity contribution in [1.29, 1.82) is 0 Å². The van der Waals surface area contributed by atoms with Crippen molar-refractivity contribution >= 4 is 5.78 Å². The molecule has 2 rings (SSSR count). The van der Waals surface area contributed by atoms with Crippen molar-refractivity contribution in [3.63, 3.8) is 0 Å². The molecule has 0 atom stereocenters.